The number of hydrogen-bond donors (Lipinski definition) is 1. The highest BCUT2D eigenvalue weighted by Crippen LogP contribution is 2.37. The maximum Gasteiger partial charge on any atom is 0.256 e. The topological polar surface area (TPSA) is 73.3 Å². The van der Waals surface area contributed by atoms with Gasteiger partial charge in [0.25, 0.3) is 5.91 Å². The van der Waals surface area contributed by atoms with Crippen molar-refractivity contribution >= 4 is 30.9 Å². The van der Waals surface area contributed by atoms with Gasteiger partial charge in [-0.3, -0.25) is 10.1 Å². The molecule has 1 heterocycles. The Morgan fingerprint density at radius 3 is 2.48 bits per heavy atom. The molecular formula is C13H25N3O3SSi. The molecule has 1 aromatic heterocycles. The van der Waals surface area contributed by atoms with Crippen molar-refractivity contribution in [1.29, 1.82) is 0 Å². The molecular weight excluding hydrogens is 306 g/mol. The fourth-order valence-corrected chi connectivity index (χ4v) is 3.20. The van der Waals surface area contributed by atoms with Crippen molar-refractivity contribution in [2.24, 2.45) is 0 Å². The highest BCUT2D eigenvalue weighted by atomic mass is 32.1. The van der Waals surface area contributed by atoms with Crippen LogP contribution < -0.4 is 5.32 Å². The van der Waals surface area contributed by atoms with E-state index in [1.165, 1.54) is 0 Å². The zero-order chi connectivity index (χ0) is 16.3. The Kier molecular flexibility index (Phi) is 6.03. The second-order valence-corrected chi connectivity index (χ2v) is 12.0. The molecule has 0 aliphatic rings. The molecule has 0 unspecified atom stereocenters. The van der Waals surface area contributed by atoms with E-state index in [0.717, 1.165) is 11.5 Å². The van der Waals surface area contributed by atoms with E-state index in [-0.39, 0.29) is 17.6 Å². The van der Waals surface area contributed by atoms with Crippen molar-refractivity contribution in [2.45, 2.75) is 51.9 Å². The summed E-state index contributed by atoms with van der Waals surface area (Å²) in [5.41, 5.74) is 0. The van der Waals surface area contributed by atoms with E-state index < -0.39 is 14.4 Å². The lowest BCUT2D eigenvalue weighted by Crippen LogP contribution is -2.48. The lowest BCUT2D eigenvalue weighted by atomic mass is 10.2. The van der Waals surface area contributed by atoms with Crippen LogP contribution in [0.15, 0.2) is 0 Å². The minimum Gasteiger partial charge on any atom is -0.403 e. The molecule has 1 N–H and O–H groups in total. The molecule has 0 aliphatic carbocycles. The van der Waals surface area contributed by atoms with Gasteiger partial charge < -0.3 is 9.16 Å². The molecule has 1 aromatic rings. The average molecular weight is 332 g/mol. The minimum atomic E-state index is -2.05. The molecule has 0 aromatic carbocycles. The van der Waals surface area contributed by atoms with E-state index in [1.807, 2.05) is 0 Å². The van der Waals surface area contributed by atoms with Gasteiger partial charge >= 0.3 is 0 Å². The van der Waals surface area contributed by atoms with Crippen LogP contribution in [0, 0.1) is 6.92 Å². The standard InChI is InChI=1S/C13H25N3O3SSi/c1-9-14-12(20-16-9)15-11(17)10(8-18-5)19-21(6,7)13(2,3)4/h10H,8H2,1-7H3,(H,14,15,16,17)/t10-/m0/s1. The summed E-state index contributed by atoms with van der Waals surface area (Å²) >= 11 is 1.16. The summed E-state index contributed by atoms with van der Waals surface area (Å²) in [6.45, 7) is 12.6. The van der Waals surface area contributed by atoms with E-state index >= 15 is 0 Å². The number of rotatable bonds is 6. The third-order valence-electron chi connectivity index (χ3n) is 3.61. The maximum atomic E-state index is 12.4. The van der Waals surface area contributed by atoms with Gasteiger partial charge in [-0.05, 0) is 25.1 Å². The van der Waals surface area contributed by atoms with Gasteiger partial charge in [0.05, 0.1) is 6.61 Å². The van der Waals surface area contributed by atoms with E-state index in [4.69, 9.17) is 9.16 Å². The predicted molar refractivity (Wildman–Crippen MR) is 87.2 cm³/mol. The average Bonchev–Trinajstić information content (AvgIpc) is 2.72. The summed E-state index contributed by atoms with van der Waals surface area (Å²) in [5.74, 6) is 0.404. The number of ether oxygens (including phenoxy) is 1. The van der Waals surface area contributed by atoms with Crippen molar-refractivity contribution in [1.82, 2.24) is 9.36 Å². The highest BCUT2D eigenvalue weighted by molar-refractivity contribution is 7.09. The van der Waals surface area contributed by atoms with Crippen LogP contribution in [0.4, 0.5) is 5.13 Å². The third-order valence-corrected chi connectivity index (χ3v) is 8.82. The van der Waals surface area contributed by atoms with Crippen molar-refractivity contribution < 1.29 is 14.0 Å². The Hall–Kier alpha value is -0.833. The SMILES string of the molecule is COC[C@H](O[Si](C)(C)C(C)(C)C)C(=O)Nc1nc(C)ns1. The number of aryl methyl sites for hydroxylation is 1. The number of anilines is 1. The fourth-order valence-electron chi connectivity index (χ4n) is 1.38. The van der Waals surface area contributed by atoms with E-state index in [2.05, 4.69) is 48.5 Å². The molecule has 0 saturated heterocycles. The number of aromatic nitrogens is 2. The third kappa shape index (κ3) is 5.13. The fraction of sp³-hybridized carbons (Fsp3) is 0.769. The van der Waals surface area contributed by atoms with Gasteiger partial charge in [-0.2, -0.15) is 4.37 Å². The van der Waals surface area contributed by atoms with Crippen LogP contribution in [0.1, 0.15) is 26.6 Å². The zero-order valence-electron chi connectivity index (χ0n) is 13.8. The van der Waals surface area contributed by atoms with Crippen molar-refractivity contribution in [3.63, 3.8) is 0 Å². The van der Waals surface area contributed by atoms with Gasteiger partial charge in [0, 0.05) is 18.6 Å². The molecule has 0 fully saturated rings. The Morgan fingerprint density at radius 1 is 1.43 bits per heavy atom. The number of carbonyl (C=O) groups is 1. The first-order valence-electron chi connectivity index (χ1n) is 6.85. The van der Waals surface area contributed by atoms with Gasteiger partial charge in [0.2, 0.25) is 5.13 Å². The summed E-state index contributed by atoms with van der Waals surface area (Å²) in [4.78, 5) is 16.5. The van der Waals surface area contributed by atoms with Gasteiger partial charge in [0.15, 0.2) is 8.32 Å². The summed E-state index contributed by atoms with van der Waals surface area (Å²) in [6.07, 6.45) is -0.639. The Balaban J connectivity index is 2.79. The van der Waals surface area contributed by atoms with Crippen LogP contribution in [0.2, 0.25) is 18.1 Å². The number of nitrogens with one attached hydrogen (secondary N) is 1. The van der Waals surface area contributed by atoms with Crippen molar-refractivity contribution in [3.05, 3.63) is 5.82 Å². The second kappa shape index (κ2) is 6.95. The van der Waals surface area contributed by atoms with Gasteiger partial charge in [-0.1, -0.05) is 20.8 Å². The smallest absolute Gasteiger partial charge is 0.256 e. The highest BCUT2D eigenvalue weighted by Gasteiger charge is 2.40. The maximum absolute atomic E-state index is 12.4. The molecule has 0 radical (unpaired) electrons. The van der Waals surface area contributed by atoms with E-state index in [9.17, 15) is 4.79 Å². The molecule has 1 atom stereocenters. The molecule has 120 valence electrons. The molecule has 21 heavy (non-hydrogen) atoms. The van der Waals surface area contributed by atoms with Crippen LogP contribution in [-0.2, 0) is 14.0 Å². The Bertz CT molecular complexity index is 485. The minimum absolute atomic E-state index is 0.0264. The molecule has 1 amide bonds. The molecule has 6 nitrogen and oxygen atoms in total. The van der Waals surface area contributed by atoms with Crippen LogP contribution in [0.5, 0.6) is 0 Å². The lowest BCUT2D eigenvalue weighted by Gasteiger charge is -2.38. The van der Waals surface area contributed by atoms with Gasteiger partial charge in [0.1, 0.15) is 11.9 Å². The van der Waals surface area contributed by atoms with Crippen molar-refractivity contribution in [2.75, 3.05) is 19.0 Å². The van der Waals surface area contributed by atoms with E-state index in [0.29, 0.717) is 11.0 Å². The Labute approximate surface area is 131 Å². The van der Waals surface area contributed by atoms with Crippen molar-refractivity contribution in [3.8, 4) is 0 Å². The lowest BCUT2D eigenvalue weighted by molar-refractivity contribution is -0.125. The summed E-state index contributed by atoms with van der Waals surface area (Å²) in [6, 6.07) is 0. The predicted octanol–water partition coefficient (Wildman–Crippen LogP) is 2.82. The first-order valence-corrected chi connectivity index (χ1v) is 10.5. The molecule has 0 aliphatic heterocycles. The van der Waals surface area contributed by atoms with E-state index in [1.54, 1.807) is 14.0 Å². The normalized spacial score (nSPS) is 14.0. The number of methoxy groups -OCH3 is 1. The second-order valence-electron chi connectivity index (χ2n) is 6.46. The van der Waals surface area contributed by atoms with Crippen LogP contribution >= 0.6 is 11.5 Å². The molecule has 0 spiro atoms. The number of carbonyl (C=O) groups excluding carboxylic acids is 1. The summed E-state index contributed by atoms with van der Waals surface area (Å²) in [5, 5.41) is 3.25. The molecule has 1 rings (SSSR count). The Morgan fingerprint density at radius 2 is 2.05 bits per heavy atom. The molecule has 0 bridgehead atoms. The van der Waals surface area contributed by atoms with Gasteiger partial charge in [-0.25, -0.2) is 4.98 Å². The number of nitrogens with zero attached hydrogens (tertiary/aromatic N) is 2. The first-order chi connectivity index (χ1) is 9.56. The quantitative estimate of drug-likeness (QED) is 0.811. The van der Waals surface area contributed by atoms with Crippen LogP contribution in [0.25, 0.3) is 0 Å². The summed E-state index contributed by atoms with van der Waals surface area (Å²) < 4.78 is 15.3. The molecule has 8 heteroatoms. The molecule has 0 saturated carbocycles. The first kappa shape index (κ1) is 18.2. The summed E-state index contributed by atoms with van der Waals surface area (Å²) in [7, 11) is -0.494. The number of hydrogen-bond acceptors (Lipinski definition) is 6. The zero-order valence-corrected chi connectivity index (χ0v) is 15.6. The monoisotopic (exact) mass is 331 g/mol. The van der Waals surface area contributed by atoms with Crippen LogP contribution in [0.3, 0.4) is 0 Å². The van der Waals surface area contributed by atoms with Crippen LogP contribution in [-0.4, -0.2) is 43.4 Å². The number of amides is 1. The largest absolute Gasteiger partial charge is 0.403 e. The van der Waals surface area contributed by atoms with Gasteiger partial charge in [-0.15, -0.1) is 0 Å².